The summed E-state index contributed by atoms with van der Waals surface area (Å²) in [6.45, 7) is 0. The third-order valence-corrected chi connectivity index (χ3v) is 8.48. The molecule has 0 bridgehead atoms. The van der Waals surface area contributed by atoms with Crippen LogP contribution in [0, 0.1) is 0 Å². The molecule has 0 saturated carbocycles. The molecule has 0 aliphatic rings. The zero-order chi connectivity index (χ0) is 14.2. The number of methoxy groups -OCH3 is 2. The Morgan fingerprint density at radius 3 is 1.25 bits per heavy atom. The quantitative estimate of drug-likeness (QED) is 0.464. The molecule has 0 amide bonds. The monoisotopic (exact) mass is 342 g/mol. The SMILES string of the molecule is COc1ccc(SSSSc2ccc(OC)cc2)cc1. The second-order valence-corrected chi connectivity index (χ2v) is 9.47. The third-order valence-electron chi connectivity index (χ3n) is 2.41. The van der Waals surface area contributed by atoms with E-state index in [1.54, 1.807) is 55.5 Å². The maximum absolute atomic E-state index is 5.14. The van der Waals surface area contributed by atoms with E-state index >= 15 is 0 Å². The van der Waals surface area contributed by atoms with Crippen molar-refractivity contribution in [3.05, 3.63) is 48.5 Å². The van der Waals surface area contributed by atoms with Gasteiger partial charge in [-0.15, -0.1) is 0 Å². The van der Waals surface area contributed by atoms with E-state index in [1.165, 1.54) is 9.79 Å². The lowest BCUT2D eigenvalue weighted by Gasteiger charge is -2.03. The Labute approximate surface area is 134 Å². The van der Waals surface area contributed by atoms with Gasteiger partial charge in [0.1, 0.15) is 11.5 Å². The highest BCUT2D eigenvalue weighted by molar-refractivity contribution is 9.26. The van der Waals surface area contributed by atoms with Gasteiger partial charge in [-0.25, -0.2) is 0 Å². The molecule has 0 atom stereocenters. The van der Waals surface area contributed by atoms with Crippen molar-refractivity contribution in [3.63, 3.8) is 0 Å². The van der Waals surface area contributed by atoms with Crippen molar-refractivity contribution in [1.82, 2.24) is 0 Å². The smallest absolute Gasteiger partial charge is 0.118 e. The van der Waals surface area contributed by atoms with Crippen LogP contribution in [0.15, 0.2) is 58.3 Å². The molecule has 0 spiro atoms. The molecule has 2 aromatic carbocycles. The highest BCUT2D eigenvalue weighted by Crippen LogP contribution is 2.49. The summed E-state index contributed by atoms with van der Waals surface area (Å²) >= 11 is 0. The minimum absolute atomic E-state index is 0.889. The summed E-state index contributed by atoms with van der Waals surface area (Å²) < 4.78 is 10.3. The Kier molecular flexibility index (Phi) is 6.86. The van der Waals surface area contributed by atoms with Crippen LogP contribution in [0.2, 0.25) is 0 Å². The average Bonchev–Trinajstić information content (AvgIpc) is 2.53. The number of rotatable bonds is 7. The number of hydrogen-bond donors (Lipinski definition) is 0. The van der Waals surface area contributed by atoms with Gasteiger partial charge in [0.05, 0.1) is 14.2 Å². The Balaban J connectivity index is 1.72. The summed E-state index contributed by atoms with van der Waals surface area (Å²) in [5.41, 5.74) is 0. The van der Waals surface area contributed by atoms with Crippen molar-refractivity contribution < 1.29 is 9.47 Å². The summed E-state index contributed by atoms with van der Waals surface area (Å²) in [7, 11) is 10.3. The first-order valence-electron chi connectivity index (χ1n) is 5.78. The van der Waals surface area contributed by atoms with Crippen molar-refractivity contribution in [1.29, 1.82) is 0 Å². The fourth-order valence-corrected chi connectivity index (χ4v) is 6.79. The van der Waals surface area contributed by atoms with Crippen LogP contribution < -0.4 is 9.47 Å². The van der Waals surface area contributed by atoms with E-state index in [1.807, 2.05) is 24.3 Å². The van der Waals surface area contributed by atoms with Crippen molar-refractivity contribution in [2.75, 3.05) is 14.2 Å². The molecular weight excluding hydrogens is 328 g/mol. The highest BCUT2D eigenvalue weighted by atomic mass is 33.7. The lowest BCUT2D eigenvalue weighted by atomic mass is 10.3. The van der Waals surface area contributed by atoms with Gasteiger partial charge >= 0.3 is 0 Å². The molecule has 0 aliphatic heterocycles. The normalized spacial score (nSPS) is 10.3. The topological polar surface area (TPSA) is 18.5 Å². The second kappa shape index (κ2) is 8.67. The van der Waals surface area contributed by atoms with Gasteiger partial charge in [-0.05, 0) is 89.8 Å². The van der Waals surface area contributed by atoms with Crippen molar-refractivity contribution in [2.24, 2.45) is 0 Å². The lowest BCUT2D eigenvalue weighted by molar-refractivity contribution is 0.414. The molecule has 0 fully saturated rings. The molecule has 0 heterocycles. The van der Waals surface area contributed by atoms with Crippen molar-refractivity contribution in [3.8, 4) is 11.5 Å². The fourth-order valence-electron chi connectivity index (χ4n) is 1.37. The molecule has 2 nitrogen and oxygen atoms in total. The molecule has 0 saturated heterocycles. The highest BCUT2D eigenvalue weighted by Gasteiger charge is 1.99. The molecule has 0 aromatic heterocycles. The maximum Gasteiger partial charge on any atom is 0.118 e. The minimum atomic E-state index is 0.889. The Bertz CT molecular complexity index is 464. The summed E-state index contributed by atoms with van der Waals surface area (Å²) in [5, 5.41) is 0. The largest absolute Gasteiger partial charge is 0.497 e. The van der Waals surface area contributed by atoms with Gasteiger partial charge in [-0.3, -0.25) is 0 Å². The van der Waals surface area contributed by atoms with Crippen molar-refractivity contribution >= 4 is 41.2 Å². The van der Waals surface area contributed by atoms with E-state index < -0.39 is 0 Å². The van der Waals surface area contributed by atoms with Gasteiger partial charge in [0.2, 0.25) is 0 Å². The number of benzene rings is 2. The first-order valence-corrected chi connectivity index (χ1v) is 10.6. The van der Waals surface area contributed by atoms with Gasteiger partial charge in [0, 0.05) is 9.79 Å². The first-order chi connectivity index (χ1) is 9.81. The molecule has 0 N–H and O–H groups in total. The zero-order valence-corrected chi connectivity index (χ0v) is 14.3. The van der Waals surface area contributed by atoms with E-state index in [9.17, 15) is 0 Å². The summed E-state index contributed by atoms with van der Waals surface area (Å²) in [4.78, 5) is 2.44. The third kappa shape index (κ3) is 5.09. The van der Waals surface area contributed by atoms with E-state index in [-0.39, 0.29) is 0 Å². The molecule has 2 rings (SSSR count). The Hall–Kier alpha value is -0.560. The van der Waals surface area contributed by atoms with Crippen molar-refractivity contribution in [2.45, 2.75) is 9.79 Å². The predicted molar refractivity (Wildman–Crippen MR) is 92.9 cm³/mol. The molecule has 6 heteroatoms. The van der Waals surface area contributed by atoms with Gasteiger partial charge in [0.25, 0.3) is 0 Å². The summed E-state index contributed by atoms with van der Waals surface area (Å²) in [6, 6.07) is 16.2. The van der Waals surface area contributed by atoms with Gasteiger partial charge in [-0.2, -0.15) is 0 Å². The predicted octanol–water partition coefficient (Wildman–Crippen LogP) is 5.80. The molecule has 106 valence electrons. The molecule has 20 heavy (non-hydrogen) atoms. The molecular formula is C14H14O2S4. The standard InChI is InChI=1S/C14H14O2S4/c1-15-11-3-7-13(8-4-11)17-19-20-18-14-9-5-12(16-2)6-10-14/h3-10H,1-2H3. The second-order valence-electron chi connectivity index (χ2n) is 3.65. The first kappa shape index (κ1) is 15.8. The lowest BCUT2D eigenvalue weighted by Crippen LogP contribution is -1.80. The minimum Gasteiger partial charge on any atom is -0.497 e. The van der Waals surface area contributed by atoms with Crippen LogP contribution in [0.4, 0.5) is 0 Å². The van der Waals surface area contributed by atoms with E-state index in [2.05, 4.69) is 24.3 Å². The van der Waals surface area contributed by atoms with Crippen LogP contribution in [0.1, 0.15) is 0 Å². The van der Waals surface area contributed by atoms with Crippen LogP contribution in [-0.4, -0.2) is 14.2 Å². The van der Waals surface area contributed by atoms with Crippen LogP contribution >= 0.6 is 41.2 Å². The van der Waals surface area contributed by atoms with Gasteiger partial charge in [-0.1, -0.05) is 0 Å². The molecule has 0 aliphatic carbocycles. The van der Waals surface area contributed by atoms with Crippen LogP contribution in [0.3, 0.4) is 0 Å². The maximum atomic E-state index is 5.14. The Morgan fingerprint density at radius 1 is 0.600 bits per heavy atom. The number of ether oxygens (including phenoxy) is 2. The van der Waals surface area contributed by atoms with Crippen LogP contribution in [0.25, 0.3) is 0 Å². The fraction of sp³-hybridized carbons (Fsp3) is 0.143. The number of hydrogen-bond acceptors (Lipinski definition) is 6. The molecule has 2 aromatic rings. The average molecular weight is 343 g/mol. The Morgan fingerprint density at radius 2 is 0.950 bits per heavy atom. The summed E-state index contributed by atoms with van der Waals surface area (Å²) in [5.74, 6) is 1.78. The van der Waals surface area contributed by atoms with Crippen LogP contribution in [-0.2, 0) is 0 Å². The van der Waals surface area contributed by atoms with Crippen LogP contribution in [0.5, 0.6) is 11.5 Å². The van der Waals surface area contributed by atoms with Gasteiger partial charge < -0.3 is 9.47 Å². The van der Waals surface area contributed by atoms with E-state index in [0.29, 0.717) is 0 Å². The van der Waals surface area contributed by atoms with E-state index in [0.717, 1.165) is 11.5 Å². The molecule has 0 unspecified atom stereocenters. The summed E-state index contributed by atoms with van der Waals surface area (Å²) in [6.07, 6.45) is 0. The van der Waals surface area contributed by atoms with Gasteiger partial charge in [0.15, 0.2) is 0 Å². The van der Waals surface area contributed by atoms with E-state index in [4.69, 9.17) is 9.47 Å². The molecule has 0 radical (unpaired) electrons. The zero-order valence-electron chi connectivity index (χ0n) is 11.1.